The summed E-state index contributed by atoms with van der Waals surface area (Å²) in [7, 11) is -1.56. The summed E-state index contributed by atoms with van der Waals surface area (Å²) in [6.45, 7) is 0. The monoisotopic (exact) mass is 294 g/mol. The third kappa shape index (κ3) is 2.91. The molecule has 0 spiro atoms. The van der Waals surface area contributed by atoms with Gasteiger partial charge in [-0.1, -0.05) is 6.07 Å². The van der Waals surface area contributed by atoms with Gasteiger partial charge in [-0.3, -0.25) is 0 Å². The molecule has 2 rings (SSSR count). The summed E-state index contributed by atoms with van der Waals surface area (Å²) < 4.78 is 36.2. The van der Waals surface area contributed by atoms with Crippen molar-refractivity contribution in [1.29, 1.82) is 0 Å². The predicted octanol–water partition coefficient (Wildman–Crippen LogP) is 2.58. The van der Waals surface area contributed by atoms with Crippen molar-refractivity contribution in [3.63, 3.8) is 0 Å². The largest absolute Gasteiger partial charge is 0.397 e. The number of hydrogen-bond acceptors (Lipinski definition) is 4. The Morgan fingerprint density at radius 1 is 1.15 bits per heavy atom. The van der Waals surface area contributed by atoms with Gasteiger partial charge in [0.25, 0.3) is 0 Å². The van der Waals surface area contributed by atoms with Gasteiger partial charge in [0.1, 0.15) is 5.82 Å². The van der Waals surface area contributed by atoms with E-state index in [1.165, 1.54) is 24.3 Å². The van der Waals surface area contributed by atoms with Gasteiger partial charge in [-0.2, -0.15) is 0 Å². The second kappa shape index (κ2) is 5.13. The number of benzene rings is 2. The maximum Gasteiger partial charge on any atom is 0.175 e. The fourth-order valence-corrected chi connectivity index (χ4v) is 2.55. The van der Waals surface area contributed by atoms with Gasteiger partial charge in [0, 0.05) is 19.0 Å². The normalized spacial score (nSPS) is 11.3. The van der Waals surface area contributed by atoms with Gasteiger partial charge in [-0.05, 0) is 36.4 Å². The van der Waals surface area contributed by atoms with E-state index in [9.17, 15) is 12.8 Å². The first kappa shape index (κ1) is 14.3. The SMILES string of the molecule is CN(c1cccc(F)c1)c1ccc(S(C)(=O)=O)cc1N. The fourth-order valence-electron chi connectivity index (χ4n) is 1.89. The highest BCUT2D eigenvalue weighted by Gasteiger charge is 2.13. The van der Waals surface area contributed by atoms with E-state index in [1.54, 1.807) is 30.1 Å². The van der Waals surface area contributed by atoms with Crippen molar-refractivity contribution in [2.45, 2.75) is 4.90 Å². The van der Waals surface area contributed by atoms with Crippen molar-refractivity contribution in [1.82, 2.24) is 0 Å². The molecule has 0 aliphatic heterocycles. The Morgan fingerprint density at radius 2 is 1.85 bits per heavy atom. The molecule has 20 heavy (non-hydrogen) atoms. The van der Waals surface area contributed by atoms with Crippen molar-refractivity contribution in [3.05, 3.63) is 48.3 Å². The molecule has 0 aromatic heterocycles. The van der Waals surface area contributed by atoms with Crippen molar-refractivity contribution in [2.24, 2.45) is 0 Å². The van der Waals surface area contributed by atoms with E-state index >= 15 is 0 Å². The van der Waals surface area contributed by atoms with Crippen LogP contribution in [0.15, 0.2) is 47.4 Å². The molecular formula is C14H15FN2O2S. The van der Waals surface area contributed by atoms with E-state index in [2.05, 4.69) is 0 Å². The molecule has 0 heterocycles. The zero-order valence-corrected chi connectivity index (χ0v) is 12.0. The van der Waals surface area contributed by atoms with Crippen LogP contribution in [-0.2, 0) is 9.84 Å². The number of anilines is 3. The molecular weight excluding hydrogens is 279 g/mol. The van der Waals surface area contributed by atoms with Gasteiger partial charge >= 0.3 is 0 Å². The maximum atomic E-state index is 13.2. The van der Waals surface area contributed by atoms with E-state index < -0.39 is 9.84 Å². The molecule has 2 N–H and O–H groups in total. The zero-order valence-electron chi connectivity index (χ0n) is 11.2. The maximum absolute atomic E-state index is 13.2. The van der Waals surface area contributed by atoms with Crippen LogP contribution in [-0.4, -0.2) is 21.7 Å². The molecule has 0 unspecified atom stereocenters. The first-order chi connectivity index (χ1) is 9.29. The minimum Gasteiger partial charge on any atom is -0.397 e. The van der Waals surface area contributed by atoms with Crippen LogP contribution in [0.4, 0.5) is 21.5 Å². The Balaban J connectivity index is 2.43. The molecule has 0 fully saturated rings. The molecule has 2 aromatic rings. The average Bonchev–Trinajstić information content (AvgIpc) is 2.36. The molecule has 0 bridgehead atoms. The van der Waals surface area contributed by atoms with E-state index in [4.69, 9.17) is 5.73 Å². The molecule has 0 aliphatic carbocycles. The first-order valence-corrected chi connectivity index (χ1v) is 7.77. The van der Waals surface area contributed by atoms with E-state index in [1.807, 2.05) is 0 Å². The molecule has 0 amide bonds. The Bertz CT molecular complexity index is 745. The topological polar surface area (TPSA) is 63.4 Å². The summed E-state index contributed by atoms with van der Waals surface area (Å²) in [4.78, 5) is 1.86. The van der Waals surface area contributed by atoms with Crippen LogP contribution >= 0.6 is 0 Å². The Morgan fingerprint density at radius 3 is 2.40 bits per heavy atom. The second-order valence-electron chi connectivity index (χ2n) is 4.53. The minimum absolute atomic E-state index is 0.159. The van der Waals surface area contributed by atoms with Gasteiger partial charge in [0.05, 0.1) is 16.3 Å². The first-order valence-electron chi connectivity index (χ1n) is 5.88. The quantitative estimate of drug-likeness (QED) is 0.884. The Kier molecular flexibility index (Phi) is 3.67. The minimum atomic E-state index is -3.30. The van der Waals surface area contributed by atoms with Crippen LogP contribution in [0, 0.1) is 5.82 Å². The third-order valence-electron chi connectivity index (χ3n) is 2.98. The lowest BCUT2D eigenvalue weighted by Gasteiger charge is -2.21. The zero-order chi connectivity index (χ0) is 14.9. The van der Waals surface area contributed by atoms with Gasteiger partial charge in [0.2, 0.25) is 0 Å². The Labute approximate surface area is 117 Å². The molecule has 0 radical (unpaired) electrons. The highest BCUT2D eigenvalue weighted by atomic mass is 32.2. The highest BCUT2D eigenvalue weighted by molar-refractivity contribution is 7.90. The fraction of sp³-hybridized carbons (Fsp3) is 0.143. The Hall–Kier alpha value is -2.08. The van der Waals surface area contributed by atoms with Gasteiger partial charge in [0.15, 0.2) is 9.84 Å². The average molecular weight is 294 g/mol. The van der Waals surface area contributed by atoms with E-state index in [-0.39, 0.29) is 10.7 Å². The number of halogens is 1. The summed E-state index contributed by atoms with van der Waals surface area (Å²) in [6.07, 6.45) is 1.12. The molecule has 106 valence electrons. The number of nitrogens with zero attached hydrogens (tertiary/aromatic N) is 1. The lowest BCUT2D eigenvalue weighted by atomic mass is 10.2. The molecule has 4 nitrogen and oxygen atoms in total. The van der Waals surface area contributed by atoms with Crippen LogP contribution in [0.1, 0.15) is 0 Å². The smallest absolute Gasteiger partial charge is 0.175 e. The van der Waals surface area contributed by atoms with Crippen molar-refractivity contribution < 1.29 is 12.8 Å². The van der Waals surface area contributed by atoms with Crippen LogP contribution in [0.3, 0.4) is 0 Å². The molecule has 0 saturated carbocycles. The third-order valence-corrected chi connectivity index (χ3v) is 4.09. The summed E-state index contributed by atoms with van der Waals surface area (Å²) in [6, 6.07) is 10.6. The van der Waals surface area contributed by atoms with Crippen LogP contribution in [0.25, 0.3) is 0 Å². The van der Waals surface area contributed by atoms with Crippen molar-refractivity contribution >= 4 is 26.9 Å². The molecule has 0 atom stereocenters. The number of sulfone groups is 1. The van der Waals surface area contributed by atoms with Crippen LogP contribution < -0.4 is 10.6 Å². The standard InChI is InChI=1S/C14H15FN2O2S/c1-17(11-5-3-4-10(15)8-11)14-7-6-12(9-13(14)16)20(2,18)19/h3-9H,16H2,1-2H3. The van der Waals surface area contributed by atoms with E-state index in [0.717, 1.165) is 6.26 Å². The van der Waals surface area contributed by atoms with Crippen LogP contribution in [0.2, 0.25) is 0 Å². The van der Waals surface area contributed by atoms with Gasteiger partial charge in [-0.25, -0.2) is 12.8 Å². The number of hydrogen-bond donors (Lipinski definition) is 1. The summed E-state index contributed by atoms with van der Waals surface area (Å²) in [5, 5.41) is 0. The van der Waals surface area contributed by atoms with E-state index in [0.29, 0.717) is 17.1 Å². The van der Waals surface area contributed by atoms with Gasteiger partial charge < -0.3 is 10.6 Å². The number of nitrogens with two attached hydrogens (primary N) is 1. The van der Waals surface area contributed by atoms with Crippen LogP contribution in [0.5, 0.6) is 0 Å². The summed E-state index contributed by atoms with van der Waals surface area (Å²) in [5.74, 6) is -0.347. The predicted molar refractivity (Wildman–Crippen MR) is 78.4 cm³/mol. The molecule has 2 aromatic carbocycles. The highest BCUT2D eigenvalue weighted by Crippen LogP contribution is 2.30. The second-order valence-corrected chi connectivity index (χ2v) is 6.55. The van der Waals surface area contributed by atoms with Gasteiger partial charge in [-0.15, -0.1) is 0 Å². The molecule has 6 heteroatoms. The number of rotatable bonds is 3. The number of nitrogen functional groups attached to an aromatic ring is 1. The summed E-state index contributed by atoms with van der Waals surface area (Å²) in [5.41, 5.74) is 7.46. The molecule has 0 saturated heterocycles. The lowest BCUT2D eigenvalue weighted by Crippen LogP contribution is -2.12. The molecule has 0 aliphatic rings. The lowest BCUT2D eigenvalue weighted by molar-refractivity contribution is 0.602. The van der Waals surface area contributed by atoms with Crippen molar-refractivity contribution in [2.75, 3.05) is 23.9 Å². The van der Waals surface area contributed by atoms with Crippen molar-refractivity contribution in [3.8, 4) is 0 Å². The summed E-state index contributed by atoms with van der Waals surface area (Å²) >= 11 is 0.